The number of alkyl halides is 3. The minimum atomic E-state index is -4.49. The van der Waals surface area contributed by atoms with Crippen LogP contribution < -0.4 is 10.1 Å². The Kier molecular flexibility index (Phi) is 5.01. The van der Waals surface area contributed by atoms with Crippen molar-refractivity contribution < 1.29 is 22.7 Å². The van der Waals surface area contributed by atoms with Crippen molar-refractivity contribution in [2.75, 3.05) is 7.11 Å². The fourth-order valence-electron chi connectivity index (χ4n) is 1.32. The Labute approximate surface area is 110 Å². The highest BCUT2D eigenvalue weighted by Crippen LogP contribution is 2.23. The lowest BCUT2D eigenvalue weighted by Gasteiger charge is -2.11. The van der Waals surface area contributed by atoms with Gasteiger partial charge in [-0.1, -0.05) is 15.9 Å². The molecule has 3 nitrogen and oxygen atoms in total. The van der Waals surface area contributed by atoms with E-state index in [9.17, 15) is 18.0 Å². The van der Waals surface area contributed by atoms with Gasteiger partial charge in [-0.05, 0) is 18.2 Å². The van der Waals surface area contributed by atoms with Crippen molar-refractivity contribution in [3.63, 3.8) is 0 Å². The van der Waals surface area contributed by atoms with Crippen molar-refractivity contribution in [3.05, 3.63) is 28.2 Å². The van der Waals surface area contributed by atoms with Crippen LogP contribution in [0.1, 0.15) is 12.0 Å². The molecule has 1 aromatic carbocycles. The first kappa shape index (κ1) is 14.8. The van der Waals surface area contributed by atoms with E-state index in [1.807, 2.05) is 0 Å². The molecule has 0 atom stereocenters. The Balaban J connectivity index is 2.63. The van der Waals surface area contributed by atoms with E-state index in [0.717, 1.165) is 4.47 Å². The van der Waals surface area contributed by atoms with Gasteiger partial charge in [-0.15, -0.1) is 0 Å². The molecule has 0 spiro atoms. The van der Waals surface area contributed by atoms with Gasteiger partial charge < -0.3 is 10.1 Å². The molecular formula is C11H11BrF3NO2. The number of benzene rings is 1. The largest absolute Gasteiger partial charge is 0.496 e. The summed E-state index contributed by atoms with van der Waals surface area (Å²) in [4.78, 5) is 11.0. The van der Waals surface area contributed by atoms with Crippen LogP contribution in [0.15, 0.2) is 22.7 Å². The standard InChI is InChI=1S/C11H11BrF3NO2/c1-18-9-3-2-8(12)4-7(9)6-16-10(17)5-11(13,14)15/h2-4H,5-6H2,1H3,(H,16,17). The molecule has 0 aliphatic carbocycles. The number of carbonyl (C=O) groups excluding carboxylic acids is 1. The third kappa shape index (κ3) is 4.95. The molecule has 0 aliphatic heterocycles. The Morgan fingerprint density at radius 2 is 2.11 bits per heavy atom. The predicted octanol–water partition coefficient (Wildman–Crippen LogP) is 3.03. The van der Waals surface area contributed by atoms with Gasteiger partial charge in [-0.3, -0.25) is 4.79 Å². The van der Waals surface area contributed by atoms with Gasteiger partial charge in [-0.25, -0.2) is 0 Å². The summed E-state index contributed by atoms with van der Waals surface area (Å²) in [5, 5.41) is 2.20. The molecule has 1 rings (SSSR count). The average Bonchev–Trinajstić information content (AvgIpc) is 2.24. The molecule has 1 aromatic rings. The first-order valence-electron chi connectivity index (χ1n) is 4.97. The fraction of sp³-hybridized carbons (Fsp3) is 0.364. The van der Waals surface area contributed by atoms with Crippen LogP contribution >= 0.6 is 15.9 Å². The van der Waals surface area contributed by atoms with E-state index in [0.29, 0.717) is 11.3 Å². The molecular weight excluding hydrogens is 315 g/mol. The zero-order valence-electron chi connectivity index (χ0n) is 9.47. The topological polar surface area (TPSA) is 38.3 Å². The van der Waals surface area contributed by atoms with Crippen molar-refractivity contribution in [3.8, 4) is 5.75 Å². The number of methoxy groups -OCH3 is 1. The van der Waals surface area contributed by atoms with E-state index in [-0.39, 0.29) is 6.54 Å². The molecule has 0 aliphatic rings. The van der Waals surface area contributed by atoms with Crippen LogP contribution in [0.5, 0.6) is 5.75 Å². The number of nitrogens with one attached hydrogen (secondary N) is 1. The van der Waals surface area contributed by atoms with Crippen LogP contribution in [0.4, 0.5) is 13.2 Å². The van der Waals surface area contributed by atoms with Crippen molar-refractivity contribution >= 4 is 21.8 Å². The first-order valence-corrected chi connectivity index (χ1v) is 5.77. The van der Waals surface area contributed by atoms with Crippen LogP contribution in [-0.4, -0.2) is 19.2 Å². The van der Waals surface area contributed by atoms with Gasteiger partial charge in [0.1, 0.15) is 12.2 Å². The first-order chi connectivity index (χ1) is 8.31. The normalized spacial score (nSPS) is 11.2. The minimum Gasteiger partial charge on any atom is -0.496 e. The number of halogens is 4. The highest BCUT2D eigenvalue weighted by molar-refractivity contribution is 9.10. The van der Waals surface area contributed by atoms with Crippen LogP contribution in [0.25, 0.3) is 0 Å². The number of ether oxygens (including phenoxy) is 1. The maximum atomic E-state index is 11.9. The van der Waals surface area contributed by atoms with Crippen molar-refractivity contribution in [2.24, 2.45) is 0 Å². The van der Waals surface area contributed by atoms with Gasteiger partial charge in [0.25, 0.3) is 0 Å². The van der Waals surface area contributed by atoms with E-state index in [1.54, 1.807) is 18.2 Å². The molecule has 0 aromatic heterocycles. The predicted molar refractivity (Wildman–Crippen MR) is 63.2 cm³/mol. The van der Waals surface area contributed by atoms with Crippen LogP contribution in [-0.2, 0) is 11.3 Å². The Hall–Kier alpha value is -1.24. The number of hydrogen-bond donors (Lipinski definition) is 1. The van der Waals surface area contributed by atoms with Gasteiger partial charge in [0.2, 0.25) is 5.91 Å². The number of hydrogen-bond acceptors (Lipinski definition) is 2. The quantitative estimate of drug-likeness (QED) is 0.924. The van der Waals surface area contributed by atoms with E-state index in [1.165, 1.54) is 7.11 Å². The van der Waals surface area contributed by atoms with Crippen LogP contribution in [0, 0.1) is 0 Å². The van der Waals surface area contributed by atoms with Crippen molar-refractivity contribution in [1.29, 1.82) is 0 Å². The van der Waals surface area contributed by atoms with Gasteiger partial charge >= 0.3 is 6.18 Å². The number of carbonyl (C=O) groups is 1. The maximum absolute atomic E-state index is 11.9. The van der Waals surface area contributed by atoms with E-state index in [4.69, 9.17) is 4.74 Å². The second kappa shape index (κ2) is 6.08. The second-order valence-corrected chi connectivity index (χ2v) is 4.44. The molecule has 0 radical (unpaired) electrons. The van der Waals surface area contributed by atoms with Gasteiger partial charge in [0.15, 0.2) is 0 Å². The summed E-state index contributed by atoms with van der Waals surface area (Å²) in [7, 11) is 1.45. The Morgan fingerprint density at radius 1 is 1.44 bits per heavy atom. The van der Waals surface area contributed by atoms with E-state index >= 15 is 0 Å². The third-order valence-electron chi connectivity index (χ3n) is 2.08. The van der Waals surface area contributed by atoms with Gasteiger partial charge in [0.05, 0.1) is 7.11 Å². The highest BCUT2D eigenvalue weighted by atomic mass is 79.9. The van der Waals surface area contributed by atoms with E-state index in [2.05, 4.69) is 21.2 Å². The summed E-state index contributed by atoms with van der Waals surface area (Å²) < 4.78 is 41.6. The summed E-state index contributed by atoms with van der Waals surface area (Å²) in [5.74, 6) is -0.560. The molecule has 0 heterocycles. The molecule has 0 saturated carbocycles. The molecule has 0 fully saturated rings. The molecule has 1 amide bonds. The lowest BCUT2D eigenvalue weighted by atomic mass is 10.2. The average molecular weight is 326 g/mol. The molecule has 0 unspecified atom stereocenters. The summed E-state index contributed by atoms with van der Waals surface area (Å²) >= 11 is 3.23. The SMILES string of the molecule is COc1ccc(Br)cc1CNC(=O)CC(F)(F)F. The summed E-state index contributed by atoms with van der Waals surface area (Å²) in [5.41, 5.74) is 0.599. The Bertz CT molecular complexity index is 435. The molecule has 0 saturated heterocycles. The van der Waals surface area contributed by atoms with E-state index < -0.39 is 18.5 Å². The summed E-state index contributed by atoms with van der Waals surface area (Å²) in [6.45, 7) is -0.0163. The molecule has 7 heteroatoms. The van der Waals surface area contributed by atoms with Crippen LogP contribution in [0.3, 0.4) is 0 Å². The number of amides is 1. The monoisotopic (exact) mass is 325 g/mol. The zero-order chi connectivity index (χ0) is 13.8. The second-order valence-electron chi connectivity index (χ2n) is 3.52. The molecule has 18 heavy (non-hydrogen) atoms. The summed E-state index contributed by atoms with van der Waals surface area (Å²) in [6, 6.07) is 5.07. The smallest absolute Gasteiger partial charge is 0.397 e. The van der Waals surface area contributed by atoms with Crippen molar-refractivity contribution in [1.82, 2.24) is 5.32 Å². The Morgan fingerprint density at radius 3 is 2.67 bits per heavy atom. The van der Waals surface area contributed by atoms with Crippen molar-refractivity contribution in [2.45, 2.75) is 19.1 Å². The molecule has 1 N–H and O–H groups in total. The van der Waals surface area contributed by atoms with Gasteiger partial charge in [0, 0.05) is 16.6 Å². The highest BCUT2D eigenvalue weighted by Gasteiger charge is 2.31. The zero-order valence-corrected chi connectivity index (χ0v) is 11.1. The fourth-order valence-corrected chi connectivity index (χ4v) is 1.73. The molecule has 100 valence electrons. The van der Waals surface area contributed by atoms with Crippen LogP contribution in [0.2, 0.25) is 0 Å². The minimum absolute atomic E-state index is 0.0163. The molecule has 0 bridgehead atoms. The lowest BCUT2D eigenvalue weighted by Crippen LogP contribution is -2.28. The lowest BCUT2D eigenvalue weighted by molar-refractivity contribution is -0.153. The van der Waals surface area contributed by atoms with Gasteiger partial charge in [-0.2, -0.15) is 13.2 Å². The summed E-state index contributed by atoms with van der Waals surface area (Å²) in [6.07, 6.45) is -5.98. The number of rotatable bonds is 4. The maximum Gasteiger partial charge on any atom is 0.397 e. The third-order valence-corrected chi connectivity index (χ3v) is 2.57.